The molecule has 0 saturated carbocycles. The Morgan fingerprint density at radius 3 is 2.58 bits per heavy atom. The zero-order chi connectivity index (χ0) is 23.9. The second kappa shape index (κ2) is 9.12. The van der Waals surface area contributed by atoms with Crippen LogP contribution in [-0.2, 0) is 9.59 Å². The topological polar surface area (TPSA) is 114 Å². The SMILES string of the molecule is C[C@@H](c1ccc(C(=O)N(C)C)cc1)N1C(=O)[C@@H]2CC1CN2C[C@H](N)C(=O)N1CCC[C@H]1C#N. The summed E-state index contributed by atoms with van der Waals surface area (Å²) in [5, 5.41) is 9.25. The van der Waals surface area contributed by atoms with Crippen molar-refractivity contribution in [1.29, 1.82) is 5.26 Å². The third-order valence-electron chi connectivity index (χ3n) is 7.21. The first kappa shape index (κ1) is 23.2. The van der Waals surface area contributed by atoms with Gasteiger partial charge in [-0.25, -0.2) is 0 Å². The lowest BCUT2D eigenvalue weighted by molar-refractivity contribution is -0.140. The molecule has 2 N–H and O–H groups in total. The number of carbonyl (C=O) groups excluding carboxylic acids is 3. The number of nitriles is 1. The van der Waals surface area contributed by atoms with Crippen LogP contribution in [0.5, 0.6) is 0 Å². The Morgan fingerprint density at radius 1 is 1.27 bits per heavy atom. The van der Waals surface area contributed by atoms with Crippen LogP contribution in [0.4, 0.5) is 0 Å². The predicted octanol–water partition coefficient (Wildman–Crippen LogP) is 0.576. The number of piperazine rings is 1. The quantitative estimate of drug-likeness (QED) is 0.675. The number of nitrogens with two attached hydrogens (primary N) is 1. The van der Waals surface area contributed by atoms with Crippen molar-refractivity contribution < 1.29 is 14.4 Å². The predicted molar refractivity (Wildman–Crippen MR) is 122 cm³/mol. The van der Waals surface area contributed by atoms with Gasteiger partial charge in [-0.05, 0) is 43.9 Å². The third-order valence-corrected chi connectivity index (χ3v) is 7.21. The van der Waals surface area contributed by atoms with Gasteiger partial charge in [-0.2, -0.15) is 5.26 Å². The van der Waals surface area contributed by atoms with Gasteiger partial charge in [0.05, 0.1) is 24.2 Å². The second-order valence-corrected chi connectivity index (χ2v) is 9.53. The molecule has 3 aliphatic rings. The molecule has 0 aromatic heterocycles. The Bertz CT molecular complexity index is 971. The molecule has 3 amide bonds. The molecule has 3 fully saturated rings. The summed E-state index contributed by atoms with van der Waals surface area (Å²) < 4.78 is 0. The van der Waals surface area contributed by atoms with Gasteiger partial charge in [0.1, 0.15) is 6.04 Å². The fraction of sp³-hybridized carbons (Fsp3) is 0.583. The van der Waals surface area contributed by atoms with Gasteiger partial charge < -0.3 is 20.4 Å². The van der Waals surface area contributed by atoms with Crippen LogP contribution >= 0.6 is 0 Å². The maximum absolute atomic E-state index is 13.2. The highest BCUT2D eigenvalue weighted by Gasteiger charge is 2.51. The summed E-state index contributed by atoms with van der Waals surface area (Å²) in [6.07, 6.45) is 2.24. The molecule has 0 spiro atoms. The van der Waals surface area contributed by atoms with E-state index in [2.05, 4.69) is 6.07 Å². The number of nitrogens with zero attached hydrogens (tertiary/aromatic N) is 5. The van der Waals surface area contributed by atoms with Crippen LogP contribution in [0, 0.1) is 11.3 Å². The van der Waals surface area contributed by atoms with E-state index in [0.717, 1.165) is 18.4 Å². The highest BCUT2D eigenvalue weighted by atomic mass is 16.2. The van der Waals surface area contributed by atoms with Crippen LogP contribution in [-0.4, -0.2) is 95.2 Å². The van der Waals surface area contributed by atoms with E-state index in [0.29, 0.717) is 31.6 Å². The van der Waals surface area contributed by atoms with E-state index in [1.165, 1.54) is 4.90 Å². The molecule has 9 nitrogen and oxygen atoms in total. The Hall–Kier alpha value is -2.96. The van der Waals surface area contributed by atoms with Crippen molar-refractivity contribution in [2.24, 2.45) is 5.73 Å². The zero-order valence-corrected chi connectivity index (χ0v) is 19.5. The first-order valence-electron chi connectivity index (χ1n) is 11.6. The number of benzene rings is 1. The Balaban J connectivity index is 1.38. The Kier molecular flexibility index (Phi) is 6.41. The van der Waals surface area contributed by atoms with Crippen LogP contribution in [0.15, 0.2) is 24.3 Å². The van der Waals surface area contributed by atoms with Crippen LogP contribution in [0.2, 0.25) is 0 Å². The molecule has 3 saturated heterocycles. The average Bonchev–Trinajstić information content (AvgIpc) is 3.52. The smallest absolute Gasteiger partial charge is 0.253 e. The van der Waals surface area contributed by atoms with Gasteiger partial charge >= 0.3 is 0 Å². The van der Waals surface area contributed by atoms with E-state index < -0.39 is 12.1 Å². The minimum atomic E-state index is -0.737. The monoisotopic (exact) mass is 452 g/mol. The third kappa shape index (κ3) is 4.21. The van der Waals surface area contributed by atoms with E-state index in [-0.39, 0.29) is 35.8 Å². The standard InChI is InChI=1S/C24H32N6O3/c1-15(16-6-8-17(9-7-16)22(31)27(2)3)30-19-11-21(24(30)33)28(13-19)14-20(26)23(32)29-10-4-5-18(29)12-25/h6-9,15,18-21H,4-5,10-11,13-14,26H2,1-3H3/t15-,18-,19?,20-,21-/m0/s1. The highest BCUT2D eigenvalue weighted by Crippen LogP contribution is 2.38. The van der Waals surface area contributed by atoms with Gasteiger partial charge in [0.15, 0.2) is 0 Å². The van der Waals surface area contributed by atoms with E-state index in [9.17, 15) is 19.6 Å². The fourth-order valence-corrected chi connectivity index (χ4v) is 5.43. The average molecular weight is 453 g/mol. The highest BCUT2D eigenvalue weighted by molar-refractivity contribution is 5.94. The van der Waals surface area contributed by atoms with Gasteiger partial charge in [-0.3, -0.25) is 19.3 Å². The first-order valence-corrected chi connectivity index (χ1v) is 11.6. The molecule has 0 radical (unpaired) electrons. The number of likely N-dealkylation sites (tertiary alicyclic amines) is 3. The molecular weight excluding hydrogens is 420 g/mol. The van der Waals surface area contributed by atoms with Gasteiger partial charge in [-0.1, -0.05) is 12.1 Å². The Labute approximate surface area is 194 Å². The van der Waals surface area contributed by atoms with E-state index >= 15 is 0 Å². The maximum atomic E-state index is 13.2. The summed E-state index contributed by atoms with van der Waals surface area (Å²) in [4.78, 5) is 45.2. The minimum Gasteiger partial charge on any atom is -0.345 e. The van der Waals surface area contributed by atoms with Crippen molar-refractivity contribution in [3.63, 3.8) is 0 Å². The molecule has 3 heterocycles. The van der Waals surface area contributed by atoms with Crippen molar-refractivity contribution in [3.05, 3.63) is 35.4 Å². The van der Waals surface area contributed by atoms with E-state index in [4.69, 9.17) is 5.73 Å². The second-order valence-electron chi connectivity index (χ2n) is 9.53. The molecule has 5 atom stereocenters. The van der Waals surface area contributed by atoms with Crippen molar-refractivity contribution >= 4 is 17.7 Å². The molecule has 3 aliphatic heterocycles. The van der Waals surface area contributed by atoms with Gasteiger partial charge in [0.2, 0.25) is 11.8 Å². The molecule has 9 heteroatoms. The number of hydrogen-bond donors (Lipinski definition) is 1. The lowest BCUT2D eigenvalue weighted by Gasteiger charge is -2.38. The normalized spacial score (nSPS) is 26.4. The summed E-state index contributed by atoms with van der Waals surface area (Å²) >= 11 is 0. The van der Waals surface area contributed by atoms with E-state index in [1.54, 1.807) is 31.1 Å². The number of amides is 3. The van der Waals surface area contributed by atoms with E-state index in [1.807, 2.05) is 28.9 Å². The molecule has 1 unspecified atom stereocenters. The van der Waals surface area contributed by atoms with Crippen molar-refractivity contribution in [3.8, 4) is 6.07 Å². The minimum absolute atomic E-state index is 0.0537. The number of carbonyl (C=O) groups is 3. The van der Waals surface area contributed by atoms with Crippen molar-refractivity contribution in [2.75, 3.05) is 33.7 Å². The lowest BCUT2D eigenvalue weighted by atomic mass is 10.0. The molecular formula is C24H32N6O3. The summed E-state index contributed by atoms with van der Waals surface area (Å²) in [5.41, 5.74) is 7.82. The van der Waals surface area contributed by atoms with Crippen LogP contribution < -0.4 is 5.73 Å². The lowest BCUT2D eigenvalue weighted by Crippen LogP contribution is -2.56. The largest absolute Gasteiger partial charge is 0.345 e. The van der Waals surface area contributed by atoms with Crippen LogP contribution in [0.25, 0.3) is 0 Å². The van der Waals surface area contributed by atoms with Gasteiger partial charge in [-0.15, -0.1) is 0 Å². The molecule has 176 valence electrons. The van der Waals surface area contributed by atoms with Gasteiger partial charge in [0, 0.05) is 45.3 Å². The summed E-state index contributed by atoms with van der Waals surface area (Å²) in [6.45, 7) is 3.58. The molecule has 1 aromatic carbocycles. The van der Waals surface area contributed by atoms with Crippen LogP contribution in [0.1, 0.15) is 48.1 Å². The summed E-state index contributed by atoms with van der Waals surface area (Å²) in [7, 11) is 3.44. The molecule has 33 heavy (non-hydrogen) atoms. The van der Waals surface area contributed by atoms with Crippen LogP contribution in [0.3, 0.4) is 0 Å². The van der Waals surface area contributed by atoms with Crippen molar-refractivity contribution in [1.82, 2.24) is 19.6 Å². The zero-order valence-electron chi connectivity index (χ0n) is 19.5. The summed E-state index contributed by atoms with van der Waals surface area (Å²) in [5.74, 6) is -0.197. The number of fused-ring (bicyclic) bond motifs is 2. The number of hydrogen-bond acceptors (Lipinski definition) is 6. The van der Waals surface area contributed by atoms with Gasteiger partial charge in [0.25, 0.3) is 5.91 Å². The first-order chi connectivity index (χ1) is 15.7. The Morgan fingerprint density at radius 2 is 1.97 bits per heavy atom. The maximum Gasteiger partial charge on any atom is 0.253 e. The molecule has 2 bridgehead atoms. The molecule has 0 aliphatic carbocycles. The number of rotatable bonds is 6. The van der Waals surface area contributed by atoms with Crippen molar-refractivity contribution in [2.45, 2.75) is 56.4 Å². The summed E-state index contributed by atoms with van der Waals surface area (Å²) in [6, 6.07) is 8.18. The molecule has 1 aromatic rings. The molecule has 4 rings (SSSR count). The fourth-order valence-electron chi connectivity index (χ4n) is 5.43.